The van der Waals surface area contributed by atoms with Crippen LogP contribution in [0, 0.1) is 0 Å². The van der Waals surface area contributed by atoms with Crippen LogP contribution >= 0.6 is 0 Å². The van der Waals surface area contributed by atoms with Crippen molar-refractivity contribution in [2.75, 3.05) is 0 Å². The Bertz CT molecular complexity index is 91.4. The highest BCUT2D eigenvalue weighted by molar-refractivity contribution is 5.05. The van der Waals surface area contributed by atoms with Gasteiger partial charge in [-0.3, -0.25) is 0 Å². The molecule has 0 fully saturated rings. The highest BCUT2D eigenvalue weighted by atomic mass is 14.7. The minimum atomic E-state index is -0.140. The third kappa shape index (κ3) is 5.70. The second kappa shape index (κ2) is 2.31. The van der Waals surface area contributed by atoms with E-state index in [0.717, 1.165) is 0 Å². The second-order valence-corrected chi connectivity index (χ2v) is 3.04. The molecule has 0 aliphatic rings. The van der Waals surface area contributed by atoms with Crippen molar-refractivity contribution in [3.63, 3.8) is 0 Å². The van der Waals surface area contributed by atoms with Gasteiger partial charge in [0.25, 0.3) is 0 Å². The molecule has 0 atom stereocenters. The van der Waals surface area contributed by atoms with Crippen LogP contribution in [-0.4, -0.2) is 5.54 Å². The van der Waals surface area contributed by atoms with Crippen molar-refractivity contribution >= 4 is 0 Å². The summed E-state index contributed by atoms with van der Waals surface area (Å²) >= 11 is 0. The first-order valence-corrected chi connectivity index (χ1v) is 2.87. The van der Waals surface area contributed by atoms with E-state index < -0.39 is 0 Å². The Morgan fingerprint density at radius 3 is 1.75 bits per heavy atom. The first-order valence-electron chi connectivity index (χ1n) is 2.87. The van der Waals surface area contributed by atoms with Crippen molar-refractivity contribution in [2.45, 2.75) is 33.2 Å². The summed E-state index contributed by atoms with van der Waals surface area (Å²) in [6.45, 7) is 8.07. The molecular weight excluding hydrogens is 98.1 g/mol. The number of allylic oxidation sites excluding steroid dienone is 1. The Labute approximate surface area is 51.6 Å². The van der Waals surface area contributed by atoms with E-state index in [1.54, 1.807) is 0 Å². The van der Waals surface area contributed by atoms with Crippen LogP contribution in [0.15, 0.2) is 11.6 Å². The largest absolute Gasteiger partial charge is 0.322 e. The van der Waals surface area contributed by atoms with Gasteiger partial charge in [-0.1, -0.05) is 11.6 Å². The Balaban J connectivity index is 3.89. The molecule has 0 amide bonds. The molecule has 0 aliphatic carbocycles. The zero-order chi connectivity index (χ0) is 6.78. The van der Waals surface area contributed by atoms with Crippen molar-refractivity contribution in [3.8, 4) is 0 Å². The third-order valence-corrected chi connectivity index (χ3v) is 0.661. The molecule has 0 aromatic rings. The summed E-state index contributed by atoms with van der Waals surface area (Å²) in [6.07, 6.45) is 2.05. The van der Waals surface area contributed by atoms with E-state index in [0.29, 0.717) is 0 Å². The van der Waals surface area contributed by atoms with Gasteiger partial charge in [0, 0.05) is 5.54 Å². The summed E-state index contributed by atoms with van der Waals surface area (Å²) in [6, 6.07) is 0. The molecule has 1 nitrogen and oxygen atoms in total. The van der Waals surface area contributed by atoms with Crippen LogP contribution in [0.1, 0.15) is 27.7 Å². The van der Waals surface area contributed by atoms with E-state index in [-0.39, 0.29) is 5.54 Å². The van der Waals surface area contributed by atoms with E-state index in [1.165, 1.54) is 5.57 Å². The highest BCUT2D eigenvalue weighted by Crippen LogP contribution is 2.02. The van der Waals surface area contributed by atoms with Crippen LogP contribution in [0.5, 0.6) is 0 Å². The van der Waals surface area contributed by atoms with Crippen molar-refractivity contribution in [1.82, 2.24) is 0 Å². The molecule has 1 heteroatoms. The van der Waals surface area contributed by atoms with Crippen LogP contribution in [0.2, 0.25) is 0 Å². The number of hydrogen-bond donors (Lipinski definition) is 1. The van der Waals surface area contributed by atoms with Gasteiger partial charge < -0.3 is 5.73 Å². The zero-order valence-corrected chi connectivity index (χ0v) is 6.15. The normalized spacial score (nSPS) is 11.1. The maximum atomic E-state index is 5.66. The summed E-state index contributed by atoms with van der Waals surface area (Å²) in [4.78, 5) is 0. The summed E-state index contributed by atoms with van der Waals surface area (Å²) in [5, 5.41) is 0. The average molecular weight is 113 g/mol. The minimum Gasteiger partial charge on any atom is -0.322 e. The fraction of sp³-hybridized carbons (Fsp3) is 0.714. The molecule has 2 N–H and O–H groups in total. The lowest BCUT2D eigenvalue weighted by Gasteiger charge is -2.12. The van der Waals surface area contributed by atoms with Gasteiger partial charge in [0.05, 0.1) is 0 Å². The molecule has 0 bridgehead atoms. The van der Waals surface area contributed by atoms with Crippen molar-refractivity contribution in [1.29, 1.82) is 0 Å². The molecule has 0 saturated heterocycles. The predicted molar refractivity (Wildman–Crippen MR) is 37.7 cm³/mol. The van der Waals surface area contributed by atoms with Crippen molar-refractivity contribution in [3.05, 3.63) is 11.6 Å². The summed E-state index contributed by atoms with van der Waals surface area (Å²) in [5.41, 5.74) is 6.80. The standard InChI is InChI=1S/C7H15N/c1-6(2)5-7(3,4)8/h5H,8H2,1-4H3. The Hall–Kier alpha value is -0.300. The van der Waals surface area contributed by atoms with E-state index in [2.05, 4.69) is 13.8 Å². The first-order chi connectivity index (χ1) is 3.42. The van der Waals surface area contributed by atoms with Gasteiger partial charge in [0.1, 0.15) is 0 Å². The number of nitrogens with two attached hydrogens (primary N) is 1. The van der Waals surface area contributed by atoms with Crippen LogP contribution in [0.3, 0.4) is 0 Å². The number of rotatable bonds is 1. The van der Waals surface area contributed by atoms with E-state index in [4.69, 9.17) is 5.73 Å². The molecule has 0 aromatic carbocycles. The monoisotopic (exact) mass is 113 g/mol. The quantitative estimate of drug-likeness (QED) is 0.514. The third-order valence-electron chi connectivity index (χ3n) is 0.661. The smallest absolute Gasteiger partial charge is 0.0284 e. The van der Waals surface area contributed by atoms with Gasteiger partial charge in [-0.25, -0.2) is 0 Å². The highest BCUT2D eigenvalue weighted by Gasteiger charge is 2.03. The molecule has 0 heterocycles. The lowest BCUT2D eigenvalue weighted by molar-refractivity contribution is 0.649. The zero-order valence-electron chi connectivity index (χ0n) is 6.15. The summed E-state index contributed by atoms with van der Waals surface area (Å²) < 4.78 is 0. The van der Waals surface area contributed by atoms with Crippen LogP contribution < -0.4 is 5.73 Å². The predicted octanol–water partition coefficient (Wildman–Crippen LogP) is 1.69. The Morgan fingerprint density at radius 2 is 1.75 bits per heavy atom. The van der Waals surface area contributed by atoms with Gasteiger partial charge in [-0.05, 0) is 27.7 Å². The lowest BCUT2D eigenvalue weighted by atomic mass is 10.0. The van der Waals surface area contributed by atoms with Gasteiger partial charge >= 0.3 is 0 Å². The molecular formula is C7H15N. The molecule has 0 aliphatic heterocycles. The Kier molecular flexibility index (Phi) is 2.23. The second-order valence-electron chi connectivity index (χ2n) is 3.04. The molecule has 8 heavy (non-hydrogen) atoms. The maximum absolute atomic E-state index is 5.66. The van der Waals surface area contributed by atoms with Gasteiger partial charge in [-0.15, -0.1) is 0 Å². The summed E-state index contributed by atoms with van der Waals surface area (Å²) in [7, 11) is 0. The van der Waals surface area contributed by atoms with Crippen molar-refractivity contribution < 1.29 is 0 Å². The molecule has 0 aromatic heterocycles. The van der Waals surface area contributed by atoms with Crippen molar-refractivity contribution in [2.24, 2.45) is 5.73 Å². The molecule has 0 unspecified atom stereocenters. The molecule has 0 saturated carbocycles. The fourth-order valence-corrected chi connectivity index (χ4v) is 0.744. The van der Waals surface area contributed by atoms with Gasteiger partial charge in [-0.2, -0.15) is 0 Å². The minimum absolute atomic E-state index is 0.140. The van der Waals surface area contributed by atoms with E-state index in [9.17, 15) is 0 Å². The van der Waals surface area contributed by atoms with Crippen LogP contribution in [0.4, 0.5) is 0 Å². The maximum Gasteiger partial charge on any atom is 0.0284 e. The van der Waals surface area contributed by atoms with Gasteiger partial charge in [0.2, 0.25) is 0 Å². The fourth-order valence-electron chi connectivity index (χ4n) is 0.744. The molecule has 0 radical (unpaired) electrons. The Morgan fingerprint density at radius 1 is 1.38 bits per heavy atom. The van der Waals surface area contributed by atoms with E-state index >= 15 is 0 Å². The molecule has 0 rings (SSSR count). The molecule has 0 spiro atoms. The van der Waals surface area contributed by atoms with Gasteiger partial charge in [0.15, 0.2) is 0 Å². The lowest BCUT2D eigenvalue weighted by Crippen LogP contribution is -2.28. The average Bonchev–Trinajstić information content (AvgIpc) is 1.21. The van der Waals surface area contributed by atoms with E-state index in [1.807, 2.05) is 19.9 Å². The first kappa shape index (κ1) is 7.70. The molecule has 48 valence electrons. The van der Waals surface area contributed by atoms with Crippen LogP contribution in [-0.2, 0) is 0 Å². The topological polar surface area (TPSA) is 26.0 Å². The van der Waals surface area contributed by atoms with Crippen LogP contribution in [0.25, 0.3) is 0 Å². The summed E-state index contributed by atoms with van der Waals surface area (Å²) in [5.74, 6) is 0. The number of hydrogen-bond acceptors (Lipinski definition) is 1. The SMILES string of the molecule is CC(C)=CC(C)(C)N.